The van der Waals surface area contributed by atoms with Gasteiger partial charge in [0, 0.05) is 52.9 Å². The second-order valence-corrected chi connectivity index (χ2v) is 18.9. The molecule has 7 rings (SSSR count). The topological polar surface area (TPSA) is 124 Å². The number of aliphatic hydroxyl groups excluding tert-OH is 1. The fourth-order valence-corrected chi connectivity index (χ4v) is 11.1. The van der Waals surface area contributed by atoms with E-state index in [9.17, 15) is 19.5 Å². The van der Waals surface area contributed by atoms with Gasteiger partial charge in [-0.3, -0.25) is 14.4 Å². The molecule has 3 N–H and O–H groups in total. The quantitative estimate of drug-likeness (QED) is 0.0870. The number of para-hydroxylation sites is 1. The number of amides is 3. The van der Waals surface area contributed by atoms with Crippen molar-refractivity contribution in [1.29, 1.82) is 0 Å². The average Bonchev–Trinajstić information content (AvgIpc) is 3.78. The number of hydrogen-bond acceptors (Lipinski definition) is 6. The predicted molar refractivity (Wildman–Crippen MR) is 213 cm³/mol. The molecule has 0 aliphatic carbocycles. The van der Waals surface area contributed by atoms with Crippen molar-refractivity contribution in [2.24, 2.45) is 5.92 Å². The minimum Gasteiger partial charge on any atom is -0.497 e. The number of anilines is 2. The molecule has 4 aromatic carbocycles. The van der Waals surface area contributed by atoms with E-state index in [1.807, 2.05) is 98.0 Å². The second-order valence-electron chi connectivity index (χ2n) is 15.1. The molecule has 1 aromatic heterocycles. The first-order valence-electron chi connectivity index (χ1n) is 18.7. The van der Waals surface area contributed by atoms with E-state index in [1.165, 1.54) is 0 Å². The van der Waals surface area contributed by atoms with Crippen molar-refractivity contribution in [2.45, 2.75) is 63.2 Å². The van der Waals surface area contributed by atoms with E-state index in [2.05, 4.69) is 10.3 Å². The Morgan fingerprint density at radius 1 is 1.02 bits per heavy atom. The highest BCUT2D eigenvalue weighted by Crippen LogP contribution is 2.60. The maximum absolute atomic E-state index is 16.5. The molecule has 2 aliphatic heterocycles. The molecular weight excluding hydrogens is 716 g/mol. The number of methoxy groups -OCH3 is 1. The summed E-state index contributed by atoms with van der Waals surface area (Å²) < 4.78 is 29.0. The highest BCUT2D eigenvalue weighted by atomic mass is 28.4. The van der Waals surface area contributed by atoms with Gasteiger partial charge in [0.05, 0.1) is 44.9 Å². The van der Waals surface area contributed by atoms with E-state index in [1.54, 1.807) is 42.1 Å². The number of benzene rings is 4. The first-order chi connectivity index (χ1) is 26.4. The number of H-pyrrole nitrogens is 1. The molecule has 0 saturated carbocycles. The summed E-state index contributed by atoms with van der Waals surface area (Å²) in [6.07, 6.45) is 1.01. The van der Waals surface area contributed by atoms with Crippen LogP contribution in [0.3, 0.4) is 0 Å². The molecule has 1 fully saturated rings. The summed E-state index contributed by atoms with van der Waals surface area (Å²) in [6.45, 7) is 5.38. The molecule has 0 radical (unpaired) electrons. The minimum absolute atomic E-state index is 0.109. The smallest absolute Gasteiger partial charge is 0.264 e. The summed E-state index contributed by atoms with van der Waals surface area (Å²) in [4.78, 5) is 48.5. The third kappa shape index (κ3) is 7.41. The second kappa shape index (κ2) is 15.4. The zero-order chi connectivity index (χ0) is 38.9. The van der Waals surface area contributed by atoms with Crippen LogP contribution in [0.15, 0.2) is 103 Å². The minimum atomic E-state index is -3.56. The van der Waals surface area contributed by atoms with Crippen molar-refractivity contribution in [2.75, 3.05) is 30.5 Å². The van der Waals surface area contributed by atoms with E-state index < -0.39 is 31.6 Å². The van der Waals surface area contributed by atoms with E-state index >= 15 is 4.11 Å². The molecule has 2 aliphatic rings. The van der Waals surface area contributed by atoms with Crippen LogP contribution < -0.4 is 15.0 Å². The lowest BCUT2D eigenvalue weighted by Crippen LogP contribution is -2.45. The zero-order valence-electron chi connectivity index (χ0n) is 31.6. The van der Waals surface area contributed by atoms with Gasteiger partial charge in [0.25, 0.3) is 5.91 Å². The van der Waals surface area contributed by atoms with Crippen molar-refractivity contribution in [3.05, 3.63) is 126 Å². The maximum Gasteiger partial charge on any atom is 0.264 e. The van der Waals surface area contributed by atoms with E-state index in [4.69, 9.17) is 9.47 Å². The molecule has 12 heteroatoms. The Balaban J connectivity index is 1.16. The molecule has 0 bridgehead atoms. The fraction of sp³-hybridized carbons (Fsp3) is 0.326. The number of carbonyl (C=O) groups excluding carboxylic acids is 3. The number of aromatic nitrogens is 1. The summed E-state index contributed by atoms with van der Waals surface area (Å²) in [5.41, 5.74) is 3.05. The third-order valence-corrected chi connectivity index (χ3v) is 13.5. The standard InChI is InChI=1S/C43H47FN4O6Si/c1-28-41(55(3,4)44)38(24-40(51)47(19-20-49)26-29-11-6-5-7-12-29)54-43(28)35-23-33(53-2)17-18-37(35)48(42(43)52)27-30-13-10-14-32(21-30)46-39(50)22-31-25-45-36-16-9-8-15-34(31)36/h5-18,21,23,25,28,38,41,45,49H,19-20,22,24,26-27H2,1-4H3,(H,46,50)/t28-,38+,41-,43+/m1/s1. The van der Waals surface area contributed by atoms with Crippen LogP contribution in [0.4, 0.5) is 15.5 Å². The van der Waals surface area contributed by atoms with Gasteiger partial charge in [-0.15, -0.1) is 0 Å². The Labute approximate surface area is 321 Å². The van der Waals surface area contributed by atoms with Crippen molar-refractivity contribution in [1.82, 2.24) is 9.88 Å². The molecule has 5 aromatic rings. The first kappa shape index (κ1) is 38.0. The zero-order valence-corrected chi connectivity index (χ0v) is 32.6. The molecule has 55 heavy (non-hydrogen) atoms. The number of carbonyl (C=O) groups is 3. The van der Waals surface area contributed by atoms with Crippen molar-refractivity contribution in [3.8, 4) is 5.75 Å². The third-order valence-electron chi connectivity index (χ3n) is 11.1. The van der Waals surface area contributed by atoms with E-state index in [-0.39, 0.29) is 56.8 Å². The normalized spacial score (nSPS) is 20.6. The Kier molecular flexibility index (Phi) is 10.7. The summed E-state index contributed by atoms with van der Waals surface area (Å²) in [7, 11) is -2.01. The molecule has 4 atom stereocenters. The van der Waals surface area contributed by atoms with Gasteiger partial charge in [-0.05, 0) is 66.2 Å². The van der Waals surface area contributed by atoms with Crippen LogP contribution >= 0.6 is 0 Å². The van der Waals surface area contributed by atoms with Gasteiger partial charge < -0.3 is 38.8 Å². The molecule has 0 unspecified atom stereocenters. The van der Waals surface area contributed by atoms with Gasteiger partial charge in [-0.1, -0.05) is 67.6 Å². The maximum atomic E-state index is 16.5. The molecule has 1 saturated heterocycles. The number of aliphatic hydroxyl groups is 1. The average molecular weight is 763 g/mol. The highest BCUT2D eigenvalue weighted by Gasteiger charge is 2.67. The SMILES string of the molecule is COc1ccc2c(c1)[C@]1(O[C@@H](CC(=O)N(CCO)Cc3ccccc3)[C@H]([Si](C)(C)F)[C@H]1C)C(=O)N2Cc1cccc(NC(=O)Cc2c[nH]c3ccccc23)c1. The van der Waals surface area contributed by atoms with Crippen LogP contribution in [0, 0.1) is 5.92 Å². The number of aromatic amines is 1. The Bertz CT molecular complexity index is 2210. The van der Waals surface area contributed by atoms with Gasteiger partial charge in [0.1, 0.15) is 5.75 Å². The van der Waals surface area contributed by atoms with Crippen LogP contribution in [-0.2, 0) is 44.2 Å². The van der Waals surface area contributed by atoms with Gasteiger partial charge in [-0.2, -0.15) is 0 Å². The summed E-state index contributed by atoms with van der Waals surface area (Å²) in [5, 5.41) is 13.8. The van der Waals surface area contributed by atoms with E-state index in [0.29, 0.717) is 22.7 Å². The van der Waals surface area contributed by atoms with Crippen molar-refractivity contribution < 1.29 is 33.1 Å². The summed E-state index contributed by atoms with van der Waals surface area (Å²) >= 11 is 0. The number of hydrogen-bond donors (Lipinski definition) is 3. The number of rotatable bonds is 13. The summed E-state index contributed by atoms with van der Waals surface area (Å²) in [6, 6.07) is 30.1. The largest absolute Gasteiger partial charge is 0.497 e. The first-order valence-corrected chi connectivity index (χ1v) is 21.6. The molecule has 3 amide bonds. The molecular formula is C43H47FN4O6Si. The molecule has 3 heterocycles. The van der Waals surface area contributed by atoms with Crippen molar-refractivity contribution in [3.63, 3.8) is 0 Å². The van der Waals surface area contributed by atoms with E-state index in [0.717, 1.165) is 27.6 Å². The van der Waals surface area contributed by atoms with Gasteiger partial charge in [0.15, 0.2) is 5.60 Å². The molecule has 286 valence electrons. The Hall–Kier alpha value is -5.30. The number of nitrogens with zero attached hydrogens (tertiary/aromatic N) is 2. The Morgan fingerprint density at radius 3 is 2.51 bits per heavy atom. The fourth-order valence-electron chi connectivity index (χ4n) is 8.61. The van der Waals surface area contributed by atoms with Crippen LogP contribution in [0.1, 0.15) is 35.6 Å². The molecule has 10 nitrogen and oxygen atoms in total. The number of ether oxygens (including phenoxy) is 2. The molecule has 1 spiro atoms. The summed E-state index contributed by atoms with van der Waals surface area (Å²) in [5.74, 6) is -0.891. The Morgan fingerprint density at radius 2 is 1.76 bits per heavy atom. The van der Waals surface area contributed by atoms with Crippen LogP contribution in [0.25, 0.3) is 10.9 Å². The lowest BCUT2D eigenvalue weighted by molar-refractivity contribution is -0.150. The van der Waals surface area contributed by atoms with Gasteiger partial charge in [-0.25, -0.2) is 0 Å². The predicted octanol–water partition coefficient (Wildman–Crippen LogP) is 7.09. The van der Waals surface area contributed by atoms with Crippen LogP contribution in [0.2, 0.25) is 18.6 Å². The number of fused-ring (bicyclic) bond motifs is 3. The van der Waals surface area contributed by atoms with Gasteiger partial charge in [0.2, 0.25) is 20.2 Å². The van der Waals surface area contributed by atoms with Gasteiger partial charge >= 0.3 is 0 Å². The lowest BCUT2D eigenvalue weighted by atomic mass is 9.82. The van der Waals surface area contributed by atoms with Crippen LogP contribution in [-0.4, -0.2) is 67.5 Å². The lowest BCUT2D eigenvalue weighted by Gasteiger charge is -2.31. The number of nitrogens with one attached hydrogen (secondary N) is 2. The van der Waals surface area contributed by atoms with Crippen LogP contribution in [0.5, 0.6) is 5.75 Å². The monoisotopic (exact) mass is 762 g/mol. The number of halogens is 1. The highest BCUT2D eigenvalue weighted by molar-refractivity contribution is 6.72. The van der Waals surface area contributed by atoms with Crippen molar-refractivity contribution >= 4 is 48.4 Å².